The molecule has 0 saturated carbocycles. The van der Waals surface area contributed by atoms with E-state index >= 15 is 0 Å². The third-order valence-electron chi connectivity index (χ3n) is 6.36. The summed E-state index contributed by atoms with van der Waals surface area (Å²) in [7, 11) is 0. The van der Waals surface area contributed by atoms with Crippen LogP contribution >= 0.6 is 11.6 Å². The number of ether oxygens (including phenoxy) is 1. The van der Waals surface area contributed by atoms with E-state index in [9.17, 15) is 9.59 Å². The number of carbonyl (C=O) groups is 2. The predicted octanol–water partition coefficient (Wildman–Crippen LogP) is 4.34. The van der Waals surface area contributed by atoms with Crippen LogP contribution in [-0.2, 0) is 4.79 Å². The lowest BCUT2D eigenvalue weighted by molar-refractivity contribution is -0.136. The lowest BCUT2D eigenvalue weighted by atomic mass is 9.77. The molecule has 1 atom stereocenters. The molecule has 2 aliphatic rings. The largest absolute Gasteiger partial charge is 0.493 e. The van der Waals surface area contributed by atoms with E-state index in [-0.39, 0.29) is 17.6 Å². The molecule has 8 heteroatoms. The molecule has 172 valence electrons. The first-order valence-electron chi connectivity index (χ1n) is 11.3. The minimum absolute atomic E-state index is 0.143. The summed E-state index contributed by atoms with van der Waals surface area (Å²) in [5, 5.41) is 4.44. The van der Waals surface area contributed by atoms with Gasteiger partial charge in [-0.1, -0.05) is 22.8 Å². The zero-order valence-electron chi connectivity index (χ0n) is 18.5. The molecule has 2 aromatic rings. The minimum Gasteiger partial charge on any atom is -0.493 e. The smallest absolute Gasteiger partial charge is 0.292 e. The molecular formula is C24H30ClN3O4. The molecule has 2 saturated heterocycles. The number of piperidine rings is 2. The molecule has 3 heterocycles. The number of rotatable bonds is 6. The van der Waals surface area contributed by atoms with Gasteiger partial charge in [-0.3, -0.25) is 9.59 Å². The number of likely N-dealkylation sites (tertiary alicyclic amines) is 2. The summed E-state index contributed by atoms with van der Waals surface area (Å²) in [6.07, 6.45) is 5.23. The highest BCUT2D eigenvalue weighted by Gasteiger charge is 2.41. The quantitative estimate of drug-likeness (QED) is 0.642. The molecule has 32 heavy (non-hydrogen) atoms. The second kappa shape index (κ2) is 9.94. The van der Waals surface area contributed by atoms with Gasteiger partial charge >= 0.3 is 0 Å². The van der Waals surface area contributed by atoms with E-state index in [2.05, 4.69) is 5.16 Å². The van der Waals surface area contributed by atoms with Gasteiger partial charge in [0, 0.05) is 49.1 Å². The van der Waals surface area contributed by atoms with Crippen LogP contribution in [0.2, 0.25) is 5.02 Å². The average Bonchev–Trinajstić information content (AvgIpc) is 3.24. The second-order valence-corrected chi connectivity index (χ2v) is 9.46. The summed E-state index contributed by atoms with van der Waals surface area (Å²) < 4.78 is 11.3. The molecule has 0 spiro atoms. The van der Waals surface area contributed by atoms with E-state index in [4.69, 9.17) is 20.9 Å². The molecule has 2 aliphatic heterocycles. The van der Waals surface area contributed by atoms with E-state index in [0.717, 1.165) is 38.8 Å². The summed E-state index contributed by atoms with van der Waals surface area (Å²) in [6, 6.07) is 8.91. The Kier molecular flexibility index (Phi) is 7.04. The van der Waals surface area contributed by atoms with Crippen molar-refractivity contribution in [1.29, 1.82) is 0 Å². The summed E-state index contributed by atoms with van der Waals surface area (Å²) in [6.45, 7) is 4.80. The molecule has 7 nitrogen and oxygen atoms in total. The highest BCUT2D eigenvalue weighted by molar-refractivity contribution is 6.30. The number of aromatic nitrogens is 1. The molecule has 2 fully saturated rings. The van der Waals surface area contributed by atoms with Crippen molar-refractivity contribution in [2.75, 3.05) is 32.8 Å². The number of amides is 2. The molecule has 0 radical (unpaired) electrons. The van der Waals surface area contributed by atoms with Crippen LogP contribution in [0, 0.1) is 12.3 Å². The molecule has 1 aromatic carbocycles. The Labute approximate surface area is 193 Å². The van der Waals surface area contributed by atoms with Gasteiger partial charge in [0.15, 0.2) is 0 Å². The molecule has 4 rings (SSSR count). The number of nitrogens with zero attached hydrogens (tertiary/aromatic N) is 3. The van der Waals surface area contributed by atoms with Crippen LogP contribution in [-0.4, -0.2) is 59.6 Å². The first kappa shape index (κ1) is 22.6. The summed E-state index contributed by atoms with van der Waals surface area (Å²) in [5.41, 5.74) is 0.195. The van der Waals surface area contributed by atoms with Gasteiger partial charge in [-0.2, -0.15) is 0 Å². The van der Waals surface area contributed by atoms with Crippen molar-refractivity contribution < 1.29 is 18.8 Å². The Morgan fingerprint density at radius 3 is 2.62 bits per heavy atom. The van der Waals surface area contributed by atoms with Crippen LogP contribution in [0.1, 0.15) is 54.8 Å². The Hall–Kier alpha value is -2.54. The maximum atomic E-state index is 13.2. The first-order chi connectivity index (χ1) is 15.4. The molecule has 1 aromatic heterocycles. The Balaban J connectivity index is 1.52. The van der Waals surface area contributed by atoms with E-state index in [1.54, 1.807) is 30.0 Å². The van der Waals surface area contributed by atoms with Crippen LogP contribution in [0.5, 0.6) is 5.75 Å². The third kappa shape index (κ3) is 5.44. The normalized spacial score (nSPS) is 21.4. The monoisotopic (exact) mass is 459 g/mol. The van der Waals surface area contributed by atoms with Crippen molar-refractivity contribution in [3.63, 3.8) is 0 Å². The summed E-state index contributed by atoms with van der Waals surface area (Å²) >= 11 is 6.11. The Morgan fingerprint density at radius 2 is 1.91 bits per heavy atom. The van der Waals surface area contributed by atoms with E-state index in [1.165, 1.54) is 6.42 Å². The van der Waals surface area contributed by atoms with Crippen molar-refractivity contribution in [3.05, 3.63) is 46.8 Å². The van der Waals surface area contributed by atoms with Crippen molar-refractivity contribution in [2.45, 2.75) is 45.4 Å². The number of halogens is 1. The van der Waals surface area contributed by atoms with Crippen LogP contribution in [0.25, 0.3) is 0 Å². The highest BCUT2D eigenvalue weighted by atomic mass is 35.5. The Bertz CT molecular complexity index is 956. The van der Waals surface area contributed by atoms with Crippen molar-refractivity contribution in [3.8, 4) is 5.75 Å². The number of benzene rings is 1. The first-order valence-corrected chi connectivity index (χ1v) is 11.7. The number of aryl methyl sites for hydroxylation is 1. The average molecular weight is 460 g/mol. The molecular weight excluding hydrogens is 430 g/mol. The van der Waals surface area contributed by atoms with Crippen molar-refractivity contribution >= 4 is 23.4 Å². The van der Waals surface area contributed by atoms with Crippen LogP contribution in [0.4, 0.5) is 0 Å². The number of hydrogen-bond donors (Lipinski definition) is 0. The molecule has 2 amide bonds. The highest BCUT2D eigenvalue weighted by Crippen LogP contribution is 2.36. The maximum absolute atomic E-state index is 13.2. The SMILES string of the molecule is Cc1cc(C(=O)N2CCCC(COc3cccc(Cl)c3)(CC(=O)N3CCCCC3)C2)on1. The third-order valence-corrected chi connectivity index (χ3v) is 6.60. The fraction of sp³-hybridized carbons (Fsp3) is 0.542. The fourth-order valence-corrected chi connectivity index (χ4v) is 4.86. The van der Waals surface area contributed by atoms with Gasteiger partial charge in [0.2, 0.25) is 11.7 Å². The van der Waals surface area contributed by atoms with Gasteiger partial charge in [-0.25, -0.2) is 0 Å². The Morgan fingerprint density at radius 1 is 1.12 bits per heavy atom. The van der Waals surface area contributed by atoms with Crippen LogP contribution < -0.4 is 4.74 Å². The van der Waals surface area contributed by atoms with Gasteiger partial charge in [0.05, 0.1) is 12.3 Å². The van der Waals surface area contributed by atoms with Crippen LogP contribution in [0.3, 0.4) is 0 Å². The molecule has 0 bridgehead atoms. The number of carbonyl (C=O) groups excluding carboxylic acids is 2. The summed E-state index contributed by atoms with van der Waals surface area (Å²) in [4.78, 5) is 30.0. The van der Waals surface area contributed by atoms with Gasteiger partial charge in [0.25, 0.3) is 5.91 Å². The topological polar surface area (TPSA) is 75.9 Å². The summed E-state index contributed by atoms with van der Waals surface area (Å²) in [5.74, 6) is 0.847. The zero-order chi connectivity index (χ0) is 22.6. The van der Waals surface area contributed by atoms with Crippen molar-refractivity contribution in [2.24, 2.45) is 5.41 Å². The lowest BCUT2D eigenvalue weighted by Gasteiger charge is -2.43. The second-order valence-electron chi connectivity index (χ2n) is 9.03. The van der Waals surface area contributed by atoms with Crippen molar-refractivity contribution in [1.82, 2.24) is 15.0 Å². The van der Waals surface area contributed by atoms with Gasteiger partial charge < -0.3 is 19.1 Å². The lowest BCUT2D eigenvalue weighted by Crippen LogP contribution is -2.51. The van der Waals surface area contributed by atoms with Gasteiger partial charge in [-0.15, -0.1) is 0 Å². The fourth-order valence-electron chi connectivity index (χ4n) is 4.68. The zero-order valence-corrected chi connectivity index (χ0v) is 19.3. The van der Waals surface area contributed by atoms with E-state index in [0.29, 0.717) is 42.6 Å². The molecule has 0 aliphatic carbocycles. The van der Waals surface area contributed by atoms with Gasteiger partial charge in [-0.05, 0) is 57.2 Å². The molecule has 1 unspecified atom stereocenters. The maximum Gasteiger partial charge on any atom is 0.292 e. The molecule has 0 N–H and O–H groups in total. The predicted molar refractivity (Wildman–Crippen MR) is 121 cm³/mol. The van der Waals surface area contributed by atoms with Gasteiger partial charge in [0.1, 0.15) is 5.75 Å². The standard InChI is InChI=1S/C24H30ClN3O4/c1-18-13-21(32-26-18)23(30)28-12-6-9-24(16-28,15-22(29)27-10-3-2-4-11-27)17-31-20-8-5-7-19(25)14-20/h5,7-8,13-14H,2-4,6,9-12,15-17H2,1H3. The van der Waals surface area contributed by atoms with E-state index in [1.807, 2.05) is 17.0 Å². The minimum atomic E-state index is -0.472. The number of hydrogen-bond acceptors (Lipinski definition) is 5. The van der Waals surface area contributed by atoms with Crippen LogP contribution in [0.15, 0.2) is 34.9 Å². The van der Waals surface area contributed by atoms with E-state index < -0.39 is 5.41 Å².